The Bertz CT molecular complexity index is 467. The lowest BCUT2D eigenvalue weighted by Crippen LogP contribution is -2.51. The number of fused-ring (bicyclic) bond motifs is 1. The van der Waals surface area contributed by atoms with Crippen molar-refractivity contribution in [1.29, 1.82) is 0 Å². The third kappa shape index (κ3) is 4.13. The highest BCUT2D eigenvalue weighted by Crippen LogP contribution is 2.42. The zero-order chi connectivity index (χ0) is 17.5. The van der Waals surface area contributed by atoms with Gasteiger partial charge in [-0.3, -0.25) is 0 Å². The number of alkyl carbamates (subject to hydrolysis) is 1. The number of hydrogen-bond acceptors (Lipinski definition) is 7. The molecule has 0 spiro atoms. The molecule has 2 heterocycles. The molecule has 2 saturated heterocycles. The van der Waals surface area contributed by atoms with Crippen LogP contribution in [0.2, 0.25) is 0 Å². The zero-order valence-electron chi connectivity index (χ0n) is 14.4. The molecular formula is C15H25NO7. The zero-order valence-corrected chi connectivity index (χ0v) is 14.4. The molecular weight excluding hydrogens is 306 g/mol. The Hall–Kier alpha value is -1.38. The summed E-state index contributed by atoms with van der Waals surface area (Å²) in [6, 6.07) is 0. The lowest BCUT2D eigenvalue weighted by Gasteiger charge is -2.29. The number of methoxy groups -OCH3 is 1. The summed E-state index contributed by atoms with van der Waals surface area (Å²) >= 11 is 0. The van der Waals surface area contributed by atoms with Gasteiger partial charge < -0.3 is 29.0 Å². The van der Waals surface area contributed by atoms with E-state index >= 15 is 0 Å². The van der Waals surface area contributed by atoms with Crippen LogP contribution in [0.25, 0.3) is 0 Å². The number of hydrogen-bond donors (Lipinski definition) is 1. The van der Waals surface area contributed by atoms with E-state index in [2.05, 4.69) is 5.32 Å². The molecule has 1 N–H and O–H groups in total. The van der Waals surface area contributed by atoms with E-state index in [9.17, 15) is 9.59 Å². The van der Waals surface area contributed by atoms with Gasteiger partial charge in [0.2, 0.25) is 0 Å². The van der Waals surface area contributed by atoms with Crippen LogP contribution in [-0.2, 0) is 28.5 Å². The highest BCUT2D eigenvalue weighted by Gasteiger charge is 2.59. The Labute approximate surface area is 135 Å². The smallest absolute Gasteiger partial charge is 0.407 e. The van der Waals surface area contributed by atoms with Crippen LogP contribution in [-0.4, -0.2) is 55.1 Å². The first-order chi connectivity index (χ1) is 10.5. The Morgan fingerprint density at radius 1 is 1.22 bits per heavy atom. The molecule has 2 aliphatic rings. The molecule has 2 rings (SSSR count). The summed E-state index contributed by atoms with van der Waals surface area (Å²) in [5, 5.41) is 2.55. The van der Waals surface area contributed by atoms with Gasteiger partial charge >= 0.3 is 12.1 Å². The van der Waals surface area contributed by atoms with Crippen molar-refractivity contribution in [3.8, 4) is 0 Å². The van der Waals surface area contributed by atoms with Gasteiger partial charge in [-0.2, -0.15) is 0 Å². The van der Waals surface area contributed by atoms with Gasteiger partial charge in [0.25, 0.3) is 0 Å². The van der Waals surface area contributed by atoms with Crippen LogP contribution in [0.1, 0.15) is 41.0 Å². The van der Waals surface area contributed by atoms with E-state index in [1.165, 1.54) is 7.11 Å². The first-order valence-corrected chi connectivity index (χ1v) is 7.55. The summed E-state index contributed by atoms with van der Waals surface area (Å²) in [6.07, 6.45) is -1.48. The fraction of sp³-hybridized carbons (Fsp3) is 0.867. The average Bonchev–Trinajstić information content (AvgIpc) is 2.84. The van der Waals surface area contributed by atoms with Crippen LogP contribution >= 0.6 is 0 Å². The number of amides is 1. The van der Waals surface area contributed by atoms with Crippen LogP contribution in [0.5, 0.6) is 0 Å². The highest BCUT2D eigenvalue weighted by atomic mass is 16.8. The van der Waals surface area contributed by atoms with Crippen molar-refractivity contribution in [2.75, 3.05) is 13.7 Å². The molecule has 2 aliphatic heterocycles. The first-order valence-electron chi connectivity index (χ1n) is 7.55. The SMILES string of the molecule is COC(=O)[C@@]1(CNC(=O)OC(C)(C)C)CC2OC(C)(C)OC2O1. The van der Waals surface area contributed by atoms with Crippen molar-refractivity contribution in [2.45, 2.75) is 70.4 Å². The highest BCUT2D eigenvalue weighted by molar-refractivity contribution is 5.81. The fourth-order valence-electron chi connectivity index (χ4n) is 2.67. The minimum Gasteiger partial charge on any atom is -0.467 e. The van der Waals surface area contributed by atoms with Crippen molar-refractivity contribution in [2.24, 2.45) is 0 Å². The normalized spacial score (nSPS) is 32.3. The second-order valence-corrected chi connectivity index (χ2v) is 7.21. The summed E-state index contributed by atoms with van der Waals surface area (Å²) in [5.74, 6) is -1.36. The Balaban J connectivity index is 2.02. The molecule has 0 bridgehead atoms. The topological polar surface area (TPSA) is 92.3 Å². The lowest BCUT2D eigenvalue weighted by molar-refractivity contribution is -0.229. The van der Waals surface area contributed by atoms with Gasteiger partial charge in [0, 0.05) is 6.42 Å². The average molecular weight is 331 g/mol. The molecule has 8 nitrogen and oxygen atoms in total. The summed E-state index contributed by atoms with van der Waals surface area (Å²) in [5.41, 5.74) is -1.98. The number of ether oxygens (including phenoxy) is 5. The molecule has 0 saturated carbocycles. The van der Waals surface area contributed by atoms with Crippen molar-refractivity contribution < 1.29 is 33.3 Å². The van der Waals surface area contributed by atoms with Gasteiger partial charge in [-0.25, -0.2) is 9.59 Å². The molecule has 0 aromatic rings. The van der Waals surface area contributed by atoms with E-state index in [1.807, 2.05) is 0 Å². The van der Waals surface area contributed by atoms with Crippen molar-refractivity contribution in [3.05, 3.63) is 0 Å². The first kappa shape index (κ1) is 18.0. The molecule has 1 amide bonds. The van der Waals surface area contributed by atoms with Gasteiger partial charge in [0.1, 0.15) is 11.7 Å². The van der Waals surface area contributed by atoms with Crippen LogP contribution in [0, 0.1) is 0 Å². The summed E-state index contributed by atoms with van der Waals surface area (Å²) in [4.78, 5) is 24.0. The molecule has 132 valence electrons. The lowest BCUT2D eigenvalue weighted by atomic mass is 9.99. The predicted molar refractivity (Wildman–Crippen MR) is 78.5 cm³/mol. The van der Waals surface area contributed by atoms with E-state index in [0.717, 1.165) is 0 Å². The maximum absolute atomic E-state index is 12.2. The number of nitrogens with one attached hydrogen (secondary N) is 1. The second-order valence-electron chi connectivity index (χ2n) is 7.21. The second kappa shape index (κ2) is 5.92. The van der Waals surface area contributed by atoms with E-state index < -0.39 is 41.4 Å². The molecule has 0 radical (unpaired) electrons. The molecule has 23 heavy (non-hydrogen) atoms. The molecule has 3 atom stereocenters. The van der Waals surface area contributed by atoms with Crippen LogP contribution in [0.15, 0.2) is 0 Å². The molecule has 2 fully saturated rings. The van der Waals surface area contributed by atoms with Crippen LogP contribution in [0.4, 0.5) is 4.79 Å². The minimum absolute atomic E-state index is 0.0886. The molecule has 2 unspecified atom stereocenters. The number of esters is 1. The van der Waals surface area contributed by atoms with Crippen molar-refractivity contribution in [1.82, 2.24) is 5.32 Å². The van der Waals surface area contributed by atoms with E-state index in [-0.39, 0.29) is 13.0 Å². The molecule has 0 aromatic heterocycles. The standard InChI is InChI=1S/C15H25NO7/c1-13(2,3)23-12(18)16-8-15(11(17)19-6)7-9-10(22-15)21-14(4,5)20-9/h9-10H,7-8H2,1-6H3,(H,16,18)/t9?,10?,15-/m0/s1. The largest absolute Gasteiger partial charge is 0.467 e. The van der Waals surface area contributed by atoms with Gasteiger partial charge in [0.05, 0.1) is 13.7 Å². The minimum atomic E-state index is -1.35. The van der Waals surface area contributed by atoms with Crippen molar-refractivity contribution in [3.63, 3.8) is 0 Å². The number of carbonyl (C=O) groups excluding carboxylic acids is 2. The Kier molecular flexibility index (Phi) is 4.62. The van der Waals surface area contributed by atoms with Gasteiger partial charge in [-0.05, 0) is 34.6 Å². The van der Waals surface area contributed by atoms with Gasteiger partial charge in [0.15, 0.2) is 17.7 Å². The monoisotopic (exact) mass is 331 g/mol. The number of carbonyl (C=O) groups is 2. The molecule has 0 aliphatic carbocycles. The summed E-state index contributed by atoms with van der Waals surface area (Å²) < 4.78 is 27.1. The van der Waals surface area contributed by atoms with Crippen LogP contribution < -0.4 is 5.32 Å². The van der Waals surface area contributed by atoms with Gasteiger partial charge in [-0.15, -0.1) is 0 Å². The fourth-order valence-corrected chi connectivity index (χ4v) is 2.67. The third-order valence-electron chi connectivity index (χ3n) is 3.49. The van der Waals surface area contributed by atoms with E-state index in [1.54, 1.807) is 34.6 Å². The maximum Gasteiger partial charge on any atom is 0.407 e. The van der Waals surface area contributed by atoms with Crippen molar-refractivity contribution >= 4 is 12.1 Å². The summed E-state index contributed by atoms with van der Waals surface area (Å²) in [7, 11) is 1.26. The van der Waals surface area contributed by atoms with E-state index in [4.69, 9.17) is 23.7 Å². The van der Waals surface area contributed by atoms with Gasteiger partial charge in [-0.1, -0.05) is 0 Å². The third-order valence-corrected chi connectivity index (χ3v) is 3.49. The maximum atomic E-state index is 12.2. The molecule has 8 heteroatoms. The Morgan fingerprint density at radius 3 is 2.39 bits per heavy atom. The van der Waals surface area contributed by atoms with Crippen LogP contribution in [0.3, 0.4) is 0 Å². The molecule has 0 aromatic carbocycles. The summed E-state index contributed by atoms with van der Waals surface area (Å²) in [6.45, 7) is 8.71. The predicted octanol–water partition coefficient (Wildman–Crippen LogP) is 1.32. The van der Waals surface area contributed by atoms with E-state index in [0.29, 0.717) is 0 Å². The Morgan fingerprint density at radius 2 is 1.87 bits per heavy atom. The number of rotatable bonds is 3. The quantitative estimate of drug-likeness (QED) is 0.780.